The molecule has 0 radical (unpaired) electrons. The van der Waals surface area contributed by atoms with E-state index in [9.17, 15) is 9.90 Å². The van der Waals surface area contributed by atoms with Crippen molar-refractivity contribution < 1.29 is 9.90 Å². The van der Waals surface area contributed by atoms with Crippen molar-refractivity contribution in [2.75, 3.05) is 0 Å². The van der Waals surface area contributed by atoms with Crippen LogP contribution in [0.15, 0.2) is 18.2 Å². The van der Waals surface area contributed by atoms with Gasteiger partial charge in [-0.1, -0.05) is 26.0 Å². The van der Waals surface area contributed by atoms with Crippen LogP contribution >= 0.6 is 0 Å². The zero-order chi connectivity index (χ0) is 19.4. The summed E-state index contributed by atoms with van der Waals surface area (Å²) >= 11 is 0. The molecule has 5 nitrogen and oxygen atoms in total. The monoisotopic (exact) mass is 369 g/mol. The number of carbonyl (C=O) groups excluding carboxylic acids is 1. The van der Waals surface area contributed by atoms with Crippen molar-refractivity contribution in [2.24, 2.45) is 5.92 Å². The summed E-state index contributed by atoms with van der Waals surface area (Å²) < 4.78 is 2.29. The van der Waals surface area contributed by atoms with Crippen LogP contribution in [0.3, 0.4) is 0 Å². The van der Waals surface area contributed by atoms with Crippen LogP contribution in [0.4, 0.5) is 0 Å². The van der Waals surface area contributed by atoms with Gasteiger partial charge in [-0.2, -0.15) is 0 Å². The molecule has 0 atom stereocenters. The van der Waals surface area contributed by atoms with Gasteiger partial charge < -0.3 is 9.67 Å². The Balaban J connectivity index is 1.54. The number of ketones is 1. The molecular formula is C22H31N3O2. The Bertz CT molecular complexity index is 791. The molecule has 0 saturated heterocycles. The number of aryl methyl sites for hydroxylation is 4. The van der Waals surface area contributed by atoms with Crippen LogP contribution in [0.2, 0.25) is 0 Å². The molecule has 1 aliphatic carbocycles. The molecule has 27 heavy (non-hydrogen) atoms. The second-order valence-electron chi connectivity index (χ2n) is 8.24. The summed E-state index contributed by atoms with van der Waals surface area (Å²) in [6.07, 6.45) is 6.65. The van der Waals surface area contributed by atoms with Crippen LogP contribution in [0, 0.1) is 12.8 Å². The molecule has 5 heteroatoms. The number of aromatic nitrogens is 3. The van der Waals surface area contributed by atoms with Crippen LogP contribution in [0.25, 0.3) is 0 Å². The first-order valence-corrected chi connectivity index (χ1v) is 10.2. The highest BCUT2D eigenvalue weighted by Crippen LogP contribution is 2.37. The third kappa shape index (κ3) is 5.41. The normalized spacial score (nSPS) is 14.1. The van der Waals surface area contributed by atoms with Gasteiger partial charge in [0.25, 0.3) is 0 Å². The summed E-state index contributed by atoms with van der Waals surface area (Å²) in [7, 11) is 0. The summed E-state index contributed by atoms with van der Waals surface area (Å²) in [5.41, 5.74) is 1.86. The molecule has 3 rings (SSSR count). The topological polar surface area (TPSA) is 68.0 Å². The lowest BCUT2D eigenvalue weighted by Crippen LogP contribution is -2.10. The quantitative estimate of drug-likeness (QED) is 0.676. The van der Waals surface area contributed by atoms with Crippen molar-refractivity contribution in [3.8, 4) is 5.75 Å². The van der Waals surface area contributed by atoms with Gasteiger partial charge in [-0.3, -0.25) is 4.79 Å². The third-order valence-corrected chi connectivity index (χ3v) is 5.24. The zero-order valence-corrected chi connectivity index (χ0v) is 16.7. The van der Waals surface area contributed by atoms with E-state index >= 15 is 0 Å². The molecule has 1 aliphatic rings. The average Bonchev–Trinajstić information content (AvgIpc) is 3.37. The maximum atomic E-state index is 12.3. The van der Waals surface area contributed by atoms with Gasteiger partial charge in [0, 0.05) is 31.7 Å². The Morgan fingerprint density at radius 2 is 1.81 bits per heavy atom. The Morgan fingerprint density at radius 3 is 2.44 bits per heavy atom. The molecule has 2 aromatic rings. The number of phenols is 1. The van der Waals surface area contributed by atoms with Gasteiger partial charge in [-0.25, -0.2) is 0 Å². The predicted molar refractivity (Wildman–Crippen MR) is 106 cm³/mol. The van der Waals surface area contributed by atoms with Gasteiger partial charge in [0.1, 0.15) is 23.2 Å². The molecule has 0 unspecified atom stereocenters. The third-order valence-electron chi connectivity index (χ3n) is 5.24. The molecule has 1 fully saturated rings. The van der Waals surface area contributed by atoms with Crippen LogP contribution < -0.4 is 0 Å². The Labute approximate surface area is 161 Å². The minimum atomic E-state index is 0.212. The largest absolute Gasteiger partial charge is 0.508 e. The summed E-state index contributed by atoms with van der Waals surface area (Å²) in [5.74, 6) is 3.19. The van der Waals surface area contributed by atoms with E-state index in [1.165, 1.54) is 12.8 Å². The minimum absolute atomic E-state index is 0.212. The van der Waals surface area contributed by atoms with Gasteiger partial charge in [0.15, 0.2) is 0 Å². The fourth-order valence-corrected chi connectivity index (χ4v) is 3.41. The van der Waals surface area contributed by atoms with Gasteiger partial charge >= 0.3 is 0 Å². The molecule has 0 amide bonds. The van der Waals surface area contributed by atoms with Gasteiger partial charge in [-0.05, 0) is 55.7 Å². The number of rotatable bonds is 10. The van der Waals surface area contributed by atoms with Crippen molar-refractivity contribution in [3.05, 3.63) is 41.0 Å². The smallest absolute Gasteiger partial charge is 0.133 e. The van der Waals surface area contributed by atoms with Gasteiger partial charge in [0.2, 0.25) is 0 Å². The molecule has 1 N–H and O–H groups in total. The lowest BCUT2D eigenvalue weighted by atomic mass is 10.0. The number of hydrogen-bond acceptors (Lipinski definition) is 4. The van der Waals surface area contributed by atoms with Crippen molar-refractivity contribution in [3.63, 3.8) is 0 Å². The average molecular weight is 370 g/mol. The molecule has 146 valence electrons. The highest BCUT2D eigenvalue weighted by atomic mass is 16.3. The van der Waals surface area contributed by atoms with Crippen LogP contribution in [0.1, 0.15) is 74.8 Å². The maximum Gasteiger partial charge on any atom is 0.133 e. The molecule has 1 aromatic heterocycles. The fraction of sp³-hybridized carbons (Fsp3) is 0.591. The molecule has 1 aromatic carbocycles. The molecule has 0 bridgehead atoms. The number of Topliss-reactive ketones (excluding diaryl/α,β-unsaturated/α-hetero) is 1. The van der Waals surface area contributed by atoms with Gasteiger partial charge in [0.05, 0.1) is 0 Å². The first-order chi connectivity index (χ1) is 12.9. The van der Waals surface area contributed by atoms with Crippen molar-refractivity contribution in [1.82, 2.24) is 14.8 Å². The molecular weight excluding hydrogens is 338 g/mol. The summed E-state index contributed by atoms with van der Waals surface area (Å²) in [6, 6.07) is 6.16. The van der Waals surface area contributed by atoms with E-state index in [4.69, 9.17) is 0 Å². The van der Waals surface area contributed by atoms with Crippen molar-refractivity contribution in [2.45, 2.75) is 78.2 Å². The maximum absolute atomic E-state index is 12.3. The Hall–Kier alpha value is -2.17. The first kappa shape index (κ1) is 19.6. The van der Waals surface area contributed by atoms with Crippen LogP contribution in [0.5, 0.6) is 5.75 Å². The van der Waals surface area contributed by atoms with E-state index in [0.29, 0.717) is 37.6 Å². The van der Waals surface area contributed by atoms with E-state index in [2.05, 4.69) is 28.6 Å². The van der Waals surface area contributed by atoms with E-state index < -0.39 is 0 Å². The number of benzene rings is 1. The second-order valence-corrected chi connectivity index (χ2v) is 8.24. The summed E-state index contributed by atoms with van der Waals surface area (Å²) in [4.78, 5) is 12.3. The molecule has 0 spiro atoms. The first-order valence-electron chi connectivity index (χ1n) is 10.2. The highest BCUT2D eigenvalue weighted by molar-refractivity contribution is 5.78. The van der Waals surface area contributed by atoms with E-state index in [1.807, 2.05) is 19.1 Å². The highest BCUT2D eigenvalue weighted by Gasteiger charge is 2.29. The number of phenolic OH excluding ortho intramolecular Hbond substituents is 1. The summed E-state index contributed by atoms with van der Waals surface area (Å²) in [6.45, 7) is 6.40. The molecule has 1 saturated carbocycles. The van der Waals surface area contributed by atoms with Crippen LogP contribution in [-0.2, 0) is 24.1 Å². The van der Waals surface area contributed by atoms with Crippen molar-refractivity contribution in [1.29, 1.82) is 0 Å². The second kappa shape index (κ2) is 8.68. The number of carbonyl (C=O) groups is 1. The zero-order valence-electron chi connectivity index (χ0n) is 16.7. The Morgan fingerprint density at radius 1 is 1.15 bits per heavy atom. The number of aromatic hydroxyl groups is 1. The van der Waals surface area contributed by atoms with E-state index in [1.54, 1.807) is 6.07 Å². The SMILES string of the molecule is Cc1ccc(CCC(=O)CCc2nnc(CCC(C)C)n2C2CC2)c(O)c1. The van der Waals surface area contributed by atoms with E-state index in [-0.39, 0.29) is 11.5 Å². The van der Waals surface area contributed by atoms with Crippen molar-refractivity contribution >= 4 is 5.78 Å². The Kier molecular flexibility index (Phi) is 6.30. The van der Waals surface area contributed by atoms with Crippen LogP contribution in [-0.4, -0.2) is 25.7 Å². The van der Waals surface area contributed by atoms with E-state index in [0.717, 1.165) is 35.6 Å². The lowest BCUT2D eigenvalue weighted by molar-refractivity contribution is -0.119. The van der Waals surface area contributed by atoms with Gasteiger partial charge in [-0.15, -0.1) is 10.2 Å². The minimum Gasteiger partial charge on any atom is -0.508 e. The predicted octanol–water partition coefficient (Wildman–Crippen LogP) is 4.35. The molecule has 1 heterocycles. The molecule has 0 aliphatic heterocycles. The lowest BCUT2D eigenvalue weighted by Gasteiger charge is -2.10. The standard InChI is InChI=1S/C22H31N3O2/c1-15(2)4-12-21-23-24-22(25(21)18-8-9-18)13-11-19(26)10-7-17-6-5-16(3)14-20(17)27/h5-6,14-15,18,27H,4,7-13H2,1-3H3. The summed E-state index contributed by atoms with van der Waals surface area (Å²) in [5, 5.41) is 18.8. The fourth-order valence-electron chi connectivity index (χ4n) is 3.41. The number of nitrogens with zero attached hydrogens (tertiary/aromatic N) is 3. The number of hydrogen-bond donors (Lipinski definition) is 1.